The fourth-order valence-electron chi connectivity index (χ4n) is 1.21. The highest BCUT2D eigenvalue weighted by Gasteiger charge is 2.15. The Bertz CT molecular complexity index is 273. The first-order chi connectivity index (χ1) is 6.69. The maximum absolute atomic E-state index is 6.10. The summed E-state index contributed by atoms with van der Waals surface area (Å²) < 4.78 is 0. The van der Waals surface area contributed by atoms with Gasteiger partial charge in [0.25, 0.3) is 0 Å². The number of aromatic nitrogens is 1. The molecule has 1 heterocycles. The van der Waals surface area contributed by atoms with E-state index in [-0.39, 0.29) is 6.04 Å². The number of nitrogens with zero attached hydrogens (tertiary/aromatic N) is 1. The summed E-state index contributed by atoms with van der Waals surface area (Å²) in [6.07, 6.45) is 3.20. The molecule has 1 aromatic heterocycles. The van der Waals surface area contributed by atoms with Gasteiger partial charge >= 0.3 is 0 Å². The van der Waals surface area contributed by atoms with Crippen molar-refractivity contribution in [2.75, 3.05) is 6.26 Å². The number of rotatable bonds is 5. The first kappa shape index (κ1) is 12.0. The van der Waals surface area contributed by atoms with Gasteiger partial charge in [0.1, 0.15) is 5.01 Å². The highest BCUT2D eigenvalue weighted by molar-refractivity contribution is 7.97. The number of hydrogen-bond donors (Lipinski definition) is 1. The van der Waals surface area contributed by atoms with E-state index in [2.05, 4.69) is 30.5 Å². The second kappa shape index (κ2) is 5.73. The zero-order valence-corrected chi connectivity index (χ0v) is 10.6. The zero-order valence-electron chi connectivity index (χ0n) is 8.99. The summed E-state index contributed by atoms with van der Waals surface area (Å²) in [6, 6.07) is 0.104. The quantitative estimate of drug-likeness (QED) is 0.845. The Morgan fingerprint density at radius 3 is 2.93 bits per heavy atom. The van der Waals surface area contributed by atoms with E-state index in [0.717, 1.165) is 17.9 Å². The van der Waals surface area contributed by atoms with Gasteiger partial charge in [-0.3, -0.25) is 0 Å². The minimum Gasteiger partial charge on any atom is -0.322 e. The molecule has 0 saturated carbocycles. The van der Waals surface area contributed by atoms with Crippen LogP contribution >= 0.6 is 23.1 Å². The Morgan fingerprint density at radius 1 is 1.64 bits per heavy atom. The van der Waals surface area contributed by atoms with Crippen molar-refractivity contribution in [3.8, 4) is 0 Å². The van der Waals surface area contributed by atoms with Crippen LogP contribution in [0.25, 0.3) is 0 Å². The van der Waals surface area contributed by atoms with Crippen molar-refractivity contribution in [2.45, 2.75) is 32.1 Å². The first-order valence-corrected chi connectivity index (χ1v) is 7.15. The topological polar surface area (TPSA) is 38.9 Å². The van der Waals surface area contributed by atoms with Crippen LogP contribution in [0.4, 0.5) is 0 Å². The van der Waals surface area contributed by atoms with E-state index in [1.807, 2.05) is 0 Å². The summed E-state index contributed by atoms with van der Waals surface area (Å²) in [5.41, 5.74) is 7.16. The number of nitrogens with two attached hydrogens (primary N) is 1. The molecule has 0 radical (unpaired) electrons. The lowest BCUT2D eigenvalue weighted by Gasteiger charge is -2.15. The molecule has 1 aromatic rings. The molecular formula is C10H18N2S2. The molecule has 0 saturated heterocycles. The smallest absolute Gasteiger partial charge is 0.103 e. The van der Waals surface area contributed by atoms with Gasteiger partial charge in [-0.1, -0.05) is 20.3 Å². The van der Waals surface area contributed by atoms with E-state index in [1.165, 1.54) is 5.01 Å². The Labute approximate surface area is 94.3 Å². The molecule has 0 bridgehead atoms. The molecule has 0 fully saturated rings. The molecule has 0 aliphatic heterocycles. The Morgan fingerprint density at radius 2 is 2.36 bits per heavy atom. The van der Waals surface area contributed by atoms with E-state index >= 15 is 0 Å². The van der Waals surface area contributed by atoms with E-state index in [0.29, 0.717) is 5.92 Å². The SMILES string of the molecule is CCC(C)C(N)c1csc(CSC)n1. The van der Waals surface area contributed by atoms with Crippen molar-refractivity contribution in [1.29, 1.82) is 0 Å². The molecule has 2 atom stereocenters. The lowest BCUT2D eigenvalue weighted by atomic mass is 9.98. The molecule has 0 amide bonds. The van der Waals surface area contributed by atoms with Gasteiger partial charge in [-0.05, 0) is 12.2 Å². The normalized spacial score (nSPS) is 15.4. The van der Waals surface area contributed by atoms with Crippen LogP contribution in [-0.2, 0) is 5.75 Å². The molecule has 0 aromatic carbocycles. The predicted molar refractivity (Wildman–Crippen MR) is 65.7 cm³/mol. The summed E-state index contributed by atoms with van der Waals surface area (Å²) >= 11 is 3.52. The Hall–Kier alpha value is -0.0600. The van der Waals surface area contributed by atoms with Crippen molar-refractivity contribution in [1.82, 2.24) is 4.98 Å². The summed E-state index contributed by atoms with van der Waals surface area (Å²) in [7, 11) is 0. The van der Waals surface area contributed by atoms with E-state index < -0.39 is 0 Å². The monoisotopic (exact) mass is 230 g/mol. The number of thiazole rings is 1. The predicted octanol–water partition coefficient (Wildman–Crippen LogP) is 3.05. The minimum absolute atomic E-state index is 0.104. The summed E-state index contributed by atoms with van der Waals surface area (Å²) in [6.45, 7) is 4.35. The lowest BCUT2D eigenvalue weighted by Crippen LogP contribution is -2.18. The molecule has 0 spiro atoms. The molecule has 80 valence electrons. The largest absolute Gasteiger partial charge is 0.322 e. The fourth-order valence-corrected chi connectivity index (χ4v) is 2.78. The minimum atomic E-state index is 0.104. The zero-order chi connectivity index (χ0) is 10.6. The second-order valence-electron chi connectivity index (χ2n) is 3.51. The molecule has 2 nitrogen and oxygen atoms in total. The highest BCUT2D eigenvalue weighted by atomic mass is 32.2. The van der Waals surface area contributed by atoms with E-state index in [4.69, 9.17) is 5.73 Å². The maximum atomic E-state index is 6.10. The van der Waals surface area contributed by atoms with Crippen LogP contribution in [0.1, 0.15) is 37.0 Å². The standard InChI is InChI=1S/C10H18N2S2/c1-4-7(2)10(11)8-5-14-9(12-8)6-13-3/h5,7,10H,4,6,11H2,1-3H3. The second-order valence-corrected chi connectivity index (χ2v) is 5.32. The lowest BCUT2D eigenvalue weighted by molar-refractivity contribution is 0.449. The third-order valence-corrected chi connectivity index (χ3v) is 4.05. The molecule has 2 N–H and O–H groups in total. The van der Waals surface area contributed by atoms with E-state index in [9.17, 15) is 0 Å². The molecule has 4 heteroatoms. The summed E-state index contributed by atoms with van der Waals surface area (Å²) in [4.78, 5) is 4.54. The van der Waals surface area contributed by atoms with Crippen molar-refractivity contribution < 1.29 is 0 Å². The third-order valence-electron chi connectivity index (χ3n) is 2.44. The van der Waals surface area contributed by atoms with Gasteiger partial charge in [0, 0.05) is 11.1 Å². The van der Waals surface area contributed by atoms with Crippen LogP contribution < -0.4 is 5.73 Å². The van der Waals surface area contributed by atoms with Crippen molar-refractivity contribution in [2.24, 2.45) is 11.7 Å². The molecule has 0 aliphatic rings. The molecule has 0 aliphatic carbocycles. The van der Waals surface area contributed by atoms with Gasteiger partial charge < -0.3 is 5.73 Å². The third kappa shape index (κ3) is 2.97. The van der Waals surface area contributed by atoms with Crippen LogP contribution in [0.2, 0.25) is 0 Å². The first-order valence-electron chi connectivity index (χ1n) is 4.87. The van der Waals surface area contributed by atoms with Crippen LogP contribution in [0.15, 0.2) is 5.38 Å². The average Bonchev–Trinajstić information content (AvgIpc) is 2.64. The molecule has 2 unspecified atom stereocenters. The van der Waals surface area contributed by atoms with Gasteiger partial charge in [0.05, 0.1) is 11.7 Å². The van der Waals surface area contributed by atoms with Gasteiger partial charge in [-0.25, -0.2) is 4.98 Å². The van der Waals surface area contributed by atoms with Crippen LogP contribution in [0.3, 0.4) is 0 Å². The fraction of sp³-hybridized carbons (Fsp3) is 0.700. The van der Waals surface area contributed by atoms with E-state index in [1.54, 1.807) is 23.1 Å². The molecule has 14 heavy (non-hydrogen) atoms. The number of thioether (sulfide) groups is 1. The van der Waals surface area contributed by atoms with Crippen molar-refractivity contribution >= 4 is 23.1 Å². The van der Waals surface area contributed by atoms with Crippen LogP contribution in [0.5, 0.6) is 0 Å². The van der Waals surface area contributed by atoms with Gasteiger partial charge in [-0.2, -0.15) is 11.8 Å². The van der Waals surface area contributed by atoms with Crippen molar-refractivity contribution in [3.63, 3.8) is 0 Å². The van der Waals surface area contributed by atoms with Gasteiger partial charge in [-0.15, -0.1) is 11.3 Å². The van der Waals surface area contributed by atoms with Crippen molar-refractivity contribution in [3.05, 3.63) is 16.1 Å². The molecule has 1 rings (SSSR count). The van der Waals surface area contributed by atoms with Gasteiger partial charge in [0.15, 0.2) is 0 Å². The van der Waals surface area contributed by atoms with Gasteiger partial charge in [0.2, 0.25) is 0 Å². The van der Waals surface area contributed by atoms with Crippen LogP contribution in [0, 0.1) is 5.92 Å². The Kier molecular flexibility index (Phi) is 4.92. The number of hydrogen-bond acceptors (Lipinski definition) is 4. The molecular weight excluding hydrogens is 212 g/mol. The summed E-state index contributed by atoms with van der Waals surface area (Å²) in [5.74, 6) is 1.51. The summed E-state index contributed by atoms with van der Waals surface area (Å²) in [5, 5.41) is 3.29. The highest BCUT2D eigenvalue weighted by Crippen LogP contribution is 2.24. The average molecular weight is 230 g/mol. The maximum Gasteiger partial charge on any atom is 0.103 e. The Balaban J connectivity index is 2.65. The van der Waals surface area contributed by atoms with Crippen LogP contribution in [-0.4, -0.2) is 11.2 Å².